The summed E-state index contributed by atoms with van der Waals surface area (Å²) in [6, 6.07) is 7.72. The van der Waals surface area contributed by atoms with E-state index < -0.39 is 0 Å². The van der Waals surface area contributed by atoms with Gasteiger partial charge in [0.05, 0.1) is 0 Å². The molecule has 0 radical (unpaired) electrons. The Morgan fingerprint density at radius 3 is 2.92 bits per heavy atom. The van der Waals surface area contributed by atoms with Gasteiger partial charge in [0.25, 0.3) is 5.91 Å². The summed E-state index contributed by atoms with van der Waals surface area (Å²) in [5.74, 6) is 5.55. The van der Waals surface area contributed by atoms with Crippen molar-refractivity contribution in [1.82, 2.24) is 5.01 Å². The van der Waals surface area contributed by atoms with Crippen LogP contribution in [0.3, 0.4) is 0 Å². The van der Waals surface area contributed by atoms with E-state index in [0.29, 0.717) is 0 Å². The van der Waals surface area contributed by atoms with Gasteiger partial charge < -0.3 is 0 Å². The lowest BCUT2D eigenvalue weighted by molar-refractivity contribution is 0.0666. The summed E-state index contributed by atoms with van der Waals surface area (Å²) in [7, 11) is 0. The van der Waals surface area contributed by atoms with E-state index in [1.807, 2.05) is 31.2 Å². The standard InChI is InChI=1S/C10H12N2O/c1-7-6-8-4-2-3-5-9(8)10(13)12(7)11/h2-5,7H,6,11H2,1H3. The van der Waals surface area contributed by atoms with Crippen molar-refractivity contribution >= 4 is 5.91 Å². The second kappa shape index (κ2) is 2.85. The smallest absolute Gasteiger partial charge is 0.268 e. The normalized spacial score (nSPS) is 21.5. The maximum Gasteiger partial charge on any atom is 0.268 e. The molecule has 0 saturated heterocycles. The van der Waals surface area contributed by atoms with Gasteiger partial charge in [-0.15, -0.1) is 0 Å². The fourth-order valence-electron chi connectivity index (χ4n) is 1.66. The van der Waals surface area contributed by atoms with Crippen LogP contribution in [0.2, 0.25) is 0 Å². The first-order valence-corrected chi connectivity index (χ1v) is 4.36. The lowest BCUT2D eigenvalue weighted by atomic mass is 9.96. The summed E-state index contributed by atoms with van der Waals surface area (Å²) < 4.78 is 0. The third-order valence-electron chi connectivity index (χ3n) is 2.47. The van der Waals surface area contributed by atoms with Gasteiger partial charge in [0.15, 0.2) is 0 Å². The van der Waals surface area contributed by atoms with Crippen LogP contribution in [0.5, 0.6) is 0 Å². The summed E-state index contributed by atoms with van der Waals surface area (Å²) in [6.07, 6.45) is 0.846. The van der Waals surface area contributed by atoms with Crippen molar-refractivity contribution in [3.8, 4) is 0 Å². The molecule has 1 heterocycles. The molecule has 3 nitrogen and oxygen atoms in total. The average molecular weight is 176 g/mol. The minimum absolute atomic E-state index is 0.0747. The molecular formula is C10H12N2O. The largest absolute Gasteiger partial charge is 0.273 e. The predicted molar refractivity (Wildman–Crippen MR) is 50.0 cm³/mol. The number of nitrogens with two attached hydrogens (primary N) is 1. The molecule has 0 spiro atoms. The minimum Gasteiger partial charge on any atom is -0.273 e. The maximum atomic E-state index is 11.6. The van der Waals surface area contributed by atoms with E-state index in [2.05, 4.69) is 0 Å². The third-order valence-corrected chi connectivity index (χ3v) is 2.47. The van der Waals surface area contributed by atoms with Crippen molar-refractivity contribution in [3.05, 3.63) is 35.4 Å². The molecule has 0 saturated carbocycles. The highest BCUT2D eigenvalue weighted by Crippen LogP contribution is 2.20. The predicted octanol–water partition coefficient (Wildman–Crippen LogP) is 0.947. The zero-order valence-electron chi connectivity index (χ0n) is 7.53. The van der Waals surface area contributed by atoms with Crippen LogP contribution in [0.1, 0.15) is 22.8 Å². The molecule has 68 valence electrons. The van der Waals surface area contributed by atoms with E-state index >= 15 is 0 Å². The van der Waals surface area contributed by atoms with Crippen molar-refractivity contribution in [1.29, 1.82) is 0 Å². The van der Waals surface area contributed by atoms with Gasteiger partial charge in [0, 0.05) is 11.6 Å². The number of carbonyl (C=O) groups is 1. The van der Waals surface area contributed by atoms with Gasteiger partial charge in [-0.1, -0.05) is 18.2 Å². The maximum absolute atomic E-state index is 11.6. The van der Waals surface area contributed by atoms with E-state index in [9.17, 15) is 4.79 Å². The van der Waals surface area contributed by atoms with Gasteiger partial charge in [-0.25, -0.2) is 5.84 Å². The van der Waals surface area contributed by atoms with Crippen LogP contribution in [0.4, 0.5) is 0 Å². The number of hydrogen-bond acceptors (Lipinski definition) is 2. The minimum atomic E-state index is -0.0747. The van der Waals surface area contributed by atoms with E-state index in [0.717, 1.165) is 17.5 Å². The first kappa shape index (κ1) is 8.26. The first-order chi connectivity index (χ1) is 6.20. The fourth-order valence-corrected chi connectivity index (χ4v) is 1.66. The Morgan fingerprint density at radius 2 is 2.15 bits per heavy atom. The Hall–Kier alpha value is -1.35. The topological polar surface area (TPSA) is 46.3 Å². The molecule has 1 aromatic carbocycles. The molecule has 13 heavy (non-hydrogen) atoms. The first-order valence-electron chi connectivity index (χ1n) is 4.36. The lowest BCUT2D eigenvalue weighted by Gasteiger charge is -2.30. The molecular weight excluding hydrogens is 164 g/mol. The van der Waals surface area contributed by atoms with E-state index in [1.165, 1.54) is 5.01 Å². The highest BCUT2D eigenvalue weighted by molar-refractivity contribution is 5.96. The second-order valence-electron chi connectivity index (χ2n) is 3.42. The van der Waals surface area contributed by atoms with Gasteiger partial charge in [0.2, 0.25) is 0 Å². The van der Waals surface area contributed by atoms with E-state index in [4.69, 9.17) is 5.84 Å². The third kappa shape index (κ3) is 1.21. The number of rotatable bonds is 0. The molecule has 1 aliphatic heterocycles. The highest BCUT2D eigenvalue weighted by Gasteiger charge is 2.26. The molecule has 0 fully saturated rings. The summed E-state index contributed by atoms with van der Waals surface area (Å²) >= 11 is 0. The summed E-state index contributed by atoms with van der Waals surface area (Å²) in [4.78, 5) is 11.6. The van der Waals surface area contributed by atoms with Crippen molar-refractivity contribution in [2.45, 2.75) is 19.4 Å². The number of fused-ring (bicyclic) bond motifs is 1. The molecule has 3 heteroatoms. The number of nitrogens with zero attached hydrogens (tertiary/aromatic N) is 1. The number of amides is 1. The van der Waals surface area contributed by atoms with Crippen molar-refractivity contribution in [3.63, 3.8) is 0 Å². The number of carbonyl (C=O) groups excluding carboxylic acids is 1. The van der Waals surface area contributed by atoms with Crippen LogP contribution in [-0.4, -0.2) is 17.0 Å². The molecule has 2 N–H and O–H groups in total. The van der Waals surface area contributed by atoms with E-state index in [1.54, 1.807) is 0 Å². The molecule has 2 rings (SSSR count). The van der Waals surface area contributed by atoms with Crippen LogP contribution in [-0.2, 0) is 6.42 Å². The van der Waals surface area contributed by atoms with Gasteiger partial charge >= 0.3 is 0 Å². The molecule has 1 aromatic rings. The Kier molecular flexibility index (Phi) is 1.81. The molecule has 0 bridgehead atoms. The quantitative estimate of drug-likeness (QED) is 0.472. The summed E-state index contributed by atoms with van der Waals surface area (Å²) in [5.41, 5.74) is 1.84. The Morgan fingerprint density at radius 1 is 1.46 bits per heavy atom. The van der Waals surface area contributed by atoms with Crippen LogP contribution >= 0.6 is 0 Å². The summed E-state index contributed by atoms with van der Waals surface area (Å²) in [5, 5.41) is 1.31. The zero-order chi connectivity index (χ0) is 9.42. The molecule has 1 unspecified atom stereocenters. The molecule has 0 aliphatic carbocycles. The highest BCUT2D eigenvalue weighted by atomic mass is 16.2. The average Bonchev–Trinajstić information content (AvgIpc) is 2.15. The SMILES string of the molecule is CC1Cc2ccccc2C(=O)N1N. The second-order valence-corrected chi connectivity index (χ2v) is 3.42. The van der Waals surface area contributed by atoms with E-state index in [-0.39, 0.29) is 11.9 Å². The summed E-state index contributed by atoms with van der Waals surface area (Å²) in [6.45, 7) is 1.95. The molecule has 1 atom stereocenters. The van der Waals surface area contributed by atoms with Gasteiger partial charge in [0.1, 0.15) is 0 Å². The van der Waals surface area contributed by atoms with Gasteiger partial charge in [-0.2, -0.15) is 0 Å². The lowest BCUT2D eigenvalue weighted by Crippen LogP contribution is -2.48. The van der Waals surface area contributed by atoms with Crippen LogP contribution < -0.4 is 5.84 Å². The number of hydrazine groups is 1. The van der Waals surface area contributed by atoms with Crippen molar-refractivity contribution in [2.24, 2.45) is 5.84 Å². The molecule has 1 aliphatic rings. The Balaban J connectivity index is 2.49. The van der Waals surface area contributed by atoms with Crippen LogP contribution in [0.15, 0.2) is 24.3 Å². The number of benzene rings is 1. The van der Waals surface area contributed by atoms with Crippen LogP contribution in [0, 0.1) is 0 Å². The Labute approximate surface area is 77.1 Å². The molecule has 1 amide bonds. The van der Waals surface area contributed by atoms with Crippen molar-refractivity contribution < 1.29 is 4.79 Å². The van der Waals surface area contributed by atoms with Gasteiger partial charge in [-0.05, 0) is 25.0 Å². The van der Waals surface area contributed by atoms with Crippen molar-refractivity contribution in [2.75, 3.05) is 0 Å². The Bertz CT molecular complexity index is 349. The monoisotopic (exact) mass is 176 g/mol. The van der Waals surface area contributed by atoms with Crippen LogP contribution in [0.25, 0.3) is 0 Å². The fraction of sp³-hybridized carbons (Fsp3) is 0.300. The molecule has 0 aromatic heterocycles. The zero-order valence-corrected chi connectivity index (χ0v) is 7.53. The van der Waals surface area contributed by atoms with Gasteiger partial charge in [-0.3, -0.25) is 9.80 Å². The number of hydrogen-bond donors (Lipinski definition) is 1.